The highest BCUT2D eigenvalue weighted by atomic mass is 16.2. The molecule has 5 rings (SSSR count). The number of hydrogen-bond acceptors (Lipinski definition) is 5. The van der Waals surface area contributed by atoms with E-state index in [-0.39, 0.29) is 11.8 Å². The zero-order valence-electron chi connectivity index (χ0n) is 21.8. The first-order valence-corrected chi connectivity index (χ1v) is 12.4. The van der Waals surface area contributed by atoms with Crippen molar-refractivity contribution >= 4 is 17.6 Å². The molecule has 1 aliphatic heterocycles. The van der Waals surface area contributed by atoms with E-state index < -0.39 is 0 Å². The Bertz CT molecular complexity index is 1490. The van der Waals surface area contributed by atoms with Gasteiger partial charge in [-0.1, -0.05) is 50.2 Å². The van der Waals surface area contributed by atoms with Crippen LogP contribution in [0, 0.1) is 6.92 Å². The summed E-state index contributed by atoms with van der Waals surface area (Å²) in [4.78, 5) is 37.9. The molecule has 0 saturated carbocycles. The second-order valence-electron chi connectivity index (χ2n) is 9.89. The van der Waals surface area contributed by atoms with Gasteiger partial charge in [-0.15, -0.1) is 0 Å². The molecule has 37 heavy (non-hydrogen) atoms. The molecule has 2 aromatic heterocycles. The molecule has 1 aliphatic rings. The molecule has 2 amide bonds. The number of carbonyl (C=O) groups is 2. The zero-order valence-corrected chi connectivity index (χ0v) is 21.8. The number of amides is 2. The van der Waals surface area contributed by atoms with Crippen LogP contribution in [-0.2, 0) is 17.8 Å². The first kappa shape index (κ1) is 24.4. The highest BCUT2D eigenvalue weighted by Gasteiger charge is 2.30. The summed E-state index contributed by atoms with van der Waals surface area (Å²) in [7, 11) is 3.42. The van der Waals surface area contributed by atoms with Crippen molar-refractivity contribution in [2.45, 2.75) is 39.7 Å². The van der Waals surface area contributed by atoms with Gasteiger partial charge in [0.2, 0.25) is 5.91 Å². The summed E-state index contributed by atoms with van der Waals surface area (Å²) >= 11 is 0. The molecule has 8 nitrogen and oxygen atoms in total. The minimum Gasteiger partial charge on any atom is -0.343 e. The van der Waals surface area contributed by atoms with E-state index in [9.17, 15) is 9.59 Å². The fourth-order valence-electron chi connectivity index (χ4n) is 4.62. The Morgan fingerprint density at radius 2 is 1.81 bits per heavy atom. The van der Waals surface area contributed by atoms with Crippen LogP contribution in [0.5, 0.6) is 0 Å². The summed E-state index contributed by atoms with van der Waals surface area (Å²) in [6, 6.07) is 17.8. The largest absolute Gasteiger partial charge is 0.343 e. The fourth-order valence-corrected chi connectivity index (χ4v) is 4.62. The number of benzene rings is 2. The number of hydrogen-bond donors (Lipinski definition) is 0. The number of fused-ring (bicyclic) bond motifs is 1. The van der Waals surface area contributed by atoms with Crippen molar-refractivity contribution in [2.24, 2.45) is 0 Å². The molecule has 0 atom stereocenters. The normalized spacial score (nSPS) is 12.8. The van der Waals surface area contributed by atoms with E-state index >= 15 is 0 Å². The second kappa shape index (κ2) is 9.61. The van der Waals surface area contributed by atoms with Crippen LogP contribution in [0.1, 0.15) is 52.6 Å². The van der Waals surface area contributed by atoms with Crippen molar-refractivity contribution < 1.29 is 9.59 Å². The van der Waals surface area contributed by atoms with E-state index in [4.69, 9.17) is 4.98 Å². The summed E-state index contributed by atoms with van der Waals surface area (Å²) in [5, 5.41) is 4.48. The average Bonchev–Trinajstić information content (AvgIpc) is 3.42. The molecule has 0 aliphatic carbocycles. The number of anilines is 1. The molecule has 0 N–H and O–H groups in total. The first-order valence-electron chi connectivity index (χ1n) is 12.4. The Kier molecular flexibility index (Phi) is 6.33. The fraction of sp³-hybridized carbons (Fsp3) is 0.276. The number of aromatic nitrogens is 4. The molecule has 0 radical (unpaired) electrons. The third-order valence-electron chi connectivity index (χ3n) is 6.60. The number of carbonyl (C=O) groups excluding carboxylic acids is 2. The van der Waals surface area contributed by atoms with Crippen molar-refractivity contribution in [3.05, 3.63) is 88.9 Å². The maximum atomic E-state index is 12.9. The van der Waals surface area contributed by atoms with Gasteiger partial charge in [-0.05, 0) is 42.2 Å². The van der Waals surface area contributed by atoms with E-state index in [0.717, 1.165) is 28.1 Å². The Morgan fingerprint density at radius 3 is 2.51 bits per heavy atom. The standard InChI is InChI=1S/C29H30N6O2/c1-18(2)23-8-6-7-9-24(23)27-30-16-21-15-26(36)34(28(21)31-27)17-20-10-12-22(13-11-20)35-19(3)14-25(32-35)29(37)33(4)5/h6-14,16,18H,15,17H2,1-5H3. The predicted molar refractivity (Wildman–Crippen MR) is 143 cm³/mol. The van der Waals surface area contributed by atoms with Crippen molar-refractivity contribution in [1.82, 2.24) is 24.6 Å². The van der Waals surface area contributed by atoms with E-state index in [1.807, 2.05) is 49.4 Å². The third-order valence-corrected chi connectivity index (χ3v) is 6.60. The molecule has 0 bridgehead atoms. The smallest absolute Gasteiger partial charge is 0.273 e. The highest BCUT2D eigenvalue weighted by molar-refractivity contribution is 6.00. The molecule has 4 aromatic rings. The zero-order chi connectivity index (χ0) is 26.3. The Morgan fingerprint density at radius 1 is 1.08 bits per heavy atom. The molecule has 0 saturated heterocycles. The van der Waals surface area contributed by atoms with E-state index in [1.165, 1.54) is 10.5 Å². The lowest BCUT2D eigenvalue weighted by molar-refractivity contribution is -0.117. The number of nitrogens with zero attached hydrogens (tertiary/aromatic N) is 6. The molecular formula is C29H30N6O2. The second-order valence-corrected chi connectivity index (χ2v) is 9.89. The maximum absolute atomic E-state index is 12.9. The average molecular weight is 495 g/mol. The number of rotatable bonds is 6. The van der Waals surface area contributed by atoms with Gasteiger partial charge >= 0.3 is 0 Å². The third kappa shape index (κ3) is 4.62. The van der Waals surface area contributed by atoms with Gasteiger partial charge in [-0.3, -0.25) is 14.5 Å². The minimum atomic E-state index is -0.137. The van der Waals surface area contributed by atoms with Gasteiger partial charge < -0.3 is 4.90 Å². The lowest BCUT2D eigenvalue weighted by Crippen LogP contribution is -2.26. The highest BCUT2D eigenvalue weighted by Crippen LogP contribution is 2.32. The van der Waals surface area contributed by atoms with Crippen LogP contribution in [0.3, 0.4) is 0 Å². The molecule has 0 spiro atoms. The van der Waals surface area contributed by atoms with Crippen LogP contribution in [0.25, 0.3) is 17.1 Å². The van der Waals surface area contributed by atoms with Gasteiger partial charge in [0.15, 0.2) is 11.5 Å². The van der Waals surface area contributed by atoms with Crippen molar-refractivity contribution in [1.29, 1.82) is 0 Å². The van der Waals surface area contributed by atoms with E-state index in [0.29, 0.717) is 36.2 Å². The van der Waals surface area contributed by atoms with Gasteiger partial charge in [0.1, 0.15) is 5.82 Å². The molecule has 0 fully saturated rings. The van der Waals surface area contributed by atoms with E-state index in [2.05, 4.69) is 30.0 Å². The molecule has 188 valence electrons. The Balaban J connectivity index is 1.40. The van der Waals surface area contributed by atoms with Gasteiger partial charge in [0.25, 0.3) is 5.91 Å². The van der Waals surface area contributed by atoms with Crippen LogP contribution in [-0.4, -0.2) is 50.6 Å². The lowest BCUT2D eigenvalue weighted by Gasteiger charge is -2.18. The van der Waals surface area contributed by atoms with Gasteiger partial charge in [0.05, 0.1) is 18.7 Å². The summed E-state index contributed by atoms with van der Waals surface area (Å²) in [6.45, 7) is 6.63. The minimum absolute atomic E-state index is 0.0115. The summed E-state index contributed by atoms with van der Waals surface area (Å²) < 4.78 is 1.75. The topological polar surface area (TPSA) is 84.2 Å². The predicted octanol–water partition coefficient (Wildman–Crippen LogP) is 4.55. The Labute approximate surface area is 216 Å². The molecule has 2 aromatic carbocycles. The molecule has 3 heterocycles. The SMILES string of the molecule is Cc1cc(C(=O)N(C)C)nn1-c1ccc(CN2C(=O)Cc3cnc(-c4ccccc4C(C)C)nc32)cc1. The summed E-state index contributed by atoms with van der Waals surface area (Å²) in [5.74, 6) is 1.52. The van der Waals surface area contributed by atoms with Gasteiger partial charge in [-0.25, -0.2) is 14.6 Å². The quantitative estimate of drug-likeness (QED) is 0.393. The van der Waals surface area contributed by atoms with Crippen LogP contribution < -0.4 is 4.90 Å². The first-order chi connectivity index (χ1) is 17.7. The van der Waals surface area contributed by atoms with Crippen LogP contribution in [0.15, 0.2) is 60.8 Å². The van der Waals surface area contributed by atoms with Gasteiger partial charge in [0, 0.05) is 37.1 Å². The lowest BCUT2D eigenvalue weighted by atomic mass is 9.97. The molecule has 0 unspecified atom stereocenters. The van der Waals surface area contributed by atoms with Crippen molar-refractivity contribution in [3.63, 3.8) is 0 Å². The monoisotopic (exact) mass is 494 g/mol. The van der Waals surface area contributed by atoms with Crippen molar-refractivity contribution in [3.8, 4) is 17.1 Å². The number of aryl methyl sites for hydroxylation is 1. The van der Waals surface area contributed by atoms with Crippen molar-refractivity contribution in [2.75, 3.05) is 19.0 Å². The molecular weight excluding hydrogens is 464 g/mol. The Hall–Kier alpha value is -4.33. The molecule has 8 heteroatoms. The van der Waals surface area contributed by atoms with E-state index in [1.54, 1.807) is 35.9 Å². The summed E-state index contributed by atoms with van der Waals surface area (Å²) in [5.41, 5.74) is 6.11. The van der Waals surface area contributed by atoms with Crippen LogP contribution in [0.2, 0.25) is 0 Å². The van der Waals surface area contributed by atoms with Gasteiger partial charge in [-0.2, -0.15) is 5.10 Å². The maximum Gasteiger partial charge on any atom is 0.273 e. The van der Waals surface area contributed by atoms with Crippen LogP contribution >= 0.6 is 0 Å². The van der Waals surface area contributed by atoms with Crippen LogP contribution in [0.4, 0.5) is 5.82 Å². The summed E-state index contributed by atoms with van der Waals surface area (Å²) in [6.07, 6.45) is 2.08.